The lowest BCUT2D eigenvalue weighted by Gasteiger charge is -2.10. The third-order valence-electron chi connectivity index (χ3n) is 3.46. The number of allylic oxidation sites excluding steroid dienone is 1. The van der Waals surface area contributed by atoms with Gasteiger partial charge in [-0.3, -0.25) is 0 Å². The van der Waals surface area contributed by atoms with E-state index in [0.717, 1.165) is 24.7 Å². The fraction of sp³-hybridized carbons (Fsp3) is 0.529. The smallest absolute Gasteiger partial charge is 0.126 e. The maximum absolute atomic E-state index is 5.90. The molecule has 1 nitrogen and oxygen atoms in total. The second-order valence-corrected chi connectivity index (χ2v) is 5.53. The van der Waals surface area contributed by atoms with Crippen LogP contribution in [0.4, 0.5) is 0 Å². The molecule has 0 aromatic heterocycles. The number of ether oxygens (including phenoxy) is 1. The molecule has 2 rings (SSSR count). The molecule has 1 aliphatic carbocycles. The second-order valence-electron chi connectivity index (χ2n) is 5.53. The Bertz CT molecular complexity index is 404. The van der Waals surface area contributed by atoms with Gasteiger partial charge < -0.3 is 4.74 Å². The summed E-state index contributed by atoms with van der Waals surface area (Å²) in [5.41, 5.74) is 2.69. The van der Waals surface area contributed by atoms with Gasteiger partial charge in [0.15, 0.2) is 0 Å². The van der Waals surface area contributed by atoms with E-state index in [1.807, 2.05) is 0 Å². The molecule has 0 aliphatic heterocycles. The Morgan fingerprint density at radius 3 is 2.89 bits per heavy atom. The fourth-order valence-electron chi connectivity index (χ4n) is 2.40. The van der Waals surface area contributed by atoms with Crippen LogP contribution in [0.3, 0.4) is 0 Å². The molecule has 0 fully saturated rings. The zero-order chi connectivity index (χ0) is 12.8. The molecule has 0 saturated carbocycles. The van der Waals surface area contributed by atoms with E-state index in [2.05, 4.69) is 44.2 Å². The van der Waals surface area contributed by atoms with E-state index in [-0.39, 0.29) is 0 Å². The quantitative estimate of drug-likeness (QED) is 0.623. The second kappa shape index (κ2) is 6.63. The van der Waals surface area contributed by atoms with Gasteiger partial charge in [0.05, 0.1) is 6.61 Å². The summed E-state index contributed by atoms with van der Waals surface area (Å²) in [5, 5.41) is 0. The molecule has 18 heavy (non-hydrogen) atoms. The number of hydrogen-bond acceptors (Lipinski definition) is 1. The van der Waals surface area contributed by atoms with Gasteiger partial charge in [-0.25, -0.2) is 0 Å². The van der Waals surface area contributed by atoms with Gasteiger partial charge in [-0.2, -0.15) is 0 Å². The van der Waals surface area contributed by atoms with Gasteiger partial charge in [-0.05, 0) is 30.4 Å². The van der Waals surface area contributed by atoms with E-state index >= 15 is 0 Å². The maximum Gasteiger partial charge on any atom is 0.126 e. The normalized spacial score (nSPS) is 13.1. The fourth-order valence-corrected chi connectivity index (χ4v) is 2.40. The van der Waals surface area contributed by atoms with Crippen LogP contribution in [-0.2, 0) is 6.42 Å². The Balaban J connectivity index is 1.71. The molecule has 0 unspecified atom stereocenters. The minimum atomic E-state index is 0.827. The van der Waals surface area contributed by atoms with Crippen LogP contribution in [0.15, 0.2) is 24.3 Å². The zero-order valence-electron chi connectivity index (χ0n) is 11.6. The van der Waals surface area contributed by atoms with Gasteiger partial charge >= 0.3 is 0 Å². The molecule has 1 aromatic carbocycles. The summed E-state index contributed by atoms with van der Waals surface area (Å²) in [6.45, 7) is 5.43. The Morgan fingerprint density at radius 2 is 2.06 bits per heavy atom. The van der Waals surface area contributed by atoms with Crippen LogP contribution in [0.25, 0.3) is 6.08 Å². The highest BCUT2D eigenvalue weighted by atomic mass is 16.5. The van der Waals surface area contributed by atoms with Crippen LogP contribution in [0, 0.1) is 5.92 Å². The largest absolute Gasteiger partial charge is 0.493 e. The third kappa shape index (κ3) is 3.63. The average Bonchev–Trinajstić information content (AvgIpc) is 2.82. The molecule has 0 heterocycles. The minimum Gasteiger partial charge on any atom is -0.493 e. The highest BCUT2D eigenvalue weighted by Crippen LogP contribution is 2.29. The standard InChI is InChI=1S/C17H24O/c1-14(2)8-4-3-5-13-18-17-12-7-10-15-9-6-11-16(15)17/h6-7,10-12,14H,3-5,8-9,13H2,1-2H3. The van der Waals surface area contributed by atoms with E-state index in [0.29, 0.717) is 0 Å². The van der Waals surface area contributed by atoms with E-state index < -0.39 is 0 Å². The van der Waals surface area contributed by atoms with Crippen LogP contribution in [0.1, 0.15) is 50.7 Å². The molecule has 1 aliphatic rings. The lowest BCUT2D eigenvalue weighted by Crippen LogP contribution is -2.00. The first kappa shape index (κ1) is 13.2. The minimum absolute atomic E-state index is 0.827. The van der Waals surface area contributed by atoms with Crippen molar-refractivity contribution in [3.05, 3.63) is 35.4 Å². The zero-order valence-corrected chi connectivity index (χ0v) is 11.6. The molecular weight excluding hydrogens is 220 g/mol. The molecule has 1 heteroatoms. The predicted molar refractivity (Wildman–Crippen MR) is 78.0 cm³/mol. The molecule has 0 saturated heterocycles. The van der Waals surface area contributed by atoms with Crippen LogP contribution in [0.2, 0.25) is 0 Å². The third-order valence-corrected chi connectivity index (χ3v) is 3.46. The first-order valence-corrected chi connectivity index (χ1v) is 7.18. The lowest BCUT2D eigenvalue weighted by molar-refractivity contribution is 0.302. The first-order chi connectivity index (χ1) is 8.77. The molecule has 0 atom stereocenters. The molecular formula is C17H24O. The van der Waals surface area contributed by atoms with E-state index in [1.54, 1.807) is 0 Å². The van der Waals surface area contributed by atoms with Crippen molar-refractivity contribution in [1.29, 1.82) is 0 Å². The Kier molecular flexibility index (Phi) is 4.86. The summed E-state index contributed by atoms with van der Waals surface area (Å²) in [4.78, 5) is 0. The topological polar surface area (TPSA) is 9.23 Å². The van der Waals surface area contributed by atoms with Crippen LogP contribution < -0.4 is 4.74 Å². The summed E-state index contributed by atoms with van der Waals surface area (Å²) in [6.07, 6.45) is 10.6. The predicted octanol–water partition coefficient (Wildman–Crippen LogP) is 4.85. The molecule has 98 valence electrons. The van der Waals surface area contributed by atoms with Gasteiger partial charge in [-0.1, -0.05) is 57.4 Å². The van der Waals surface area contributed by atoms with Gasteiger partial charge in [0, 0.05) is 5.56 Å². The molecule has 0 bridgehead atoms. The number of benzene rings is 1. The lowest BCUT2D eigenvalue weighted by atomic mass is 10.1. The van der Waals surface area contributed by atoms with Gasteiger partial charge in [-0.15, -0.1) is 0 Å². The average molecular weight is 244 g/mol. The van der Waals surface area contributed by atoms with Crippen molar-refractivity contribution >= 4 is 6.08 Å². The highest BCUT2D eigenvalue weighted by molar-refractivity contribution is 5.65. The first-order valence-electron chi connectivity index (χ1n) is 7.18. The van der Waals surface area contributed by atoms with Crippen molar-refractivity contribution in [2.75, 3.05) is 6.61 Å². The molecule has 0 spiro atoms. The summed E-state index contributed by atoms with van der Waals surface area (Å²) in [7, 11) is 0. The Hall–Kier alpha value is -1.24. The number of fused-ring (bicyclic) bond motifs is 1. The van der Waals surface area contributed by atoms with E-state index in [1.165, 1.54) is 36.8 Å². The van der Waals surface area contributed by atoms with Crippen molar-refractivity contribution in [2.45, 2.75) is 46.0 Å². The number of hydrogen-bond donors (Lipinski definition) is 0. The summed E-state index contributed by atoms with van der Waals surface area (Å²) >= 11 is 0. The SMILES string of the molecule is CC(C)CCCCCOc1cccc2c1C=CC2. The van der Waals surface area contributed by atoms with Crippen LogP contribution in [0.5, 0.6) is 5.75 Å². The van der Waals surface area contributed by atoms with Crippen molar-refractivity contribution in [2.24, 2.45) is 5.92 Å². The van der Waals surface area contributed by atoms with Crippen molar-refractivity contribution in [1.82, 2.24) is 0 Å². The van der Waals surface area contributed by atoms with Crippen molar-refractivity contribution in [3.8, 4) is 5.75 Å². The van der Waals surface area contributed by atoms with Crippen LogP contribution in [-0.4, -0.2) is 6.61 Å². The van der Waals surface area contributed by atoms with Gasteiger partial charge in [0.2, 0.25) is 0 Å². The van der Waals surface area contributed by atoms with Crippen molar-refractivity contribution < 1.29 is 4.74 Å². The van der Waals surface area contributed by atoms with Gasteiger partial charge in [0.25, 0.3) is 0 Å². The highest BCUT2D eigenvalue weighted by Gasteiger charge is 2.09. The Labute approximate surface area is 111 Å². The number of unbranched alkanes of at least 4 members (excludes halogenated alkanes) is 2. The monoisotopic (exact) mass is 244 g/mol. The molecule has 1 aromatic rings. The van der Waals surface area contributed by atoms with Crippen LogP contribution >= 0.6 is 0 Å². The van der Waals surface area contributed by atoms with E-state index in [9.17, 15) is 0 Å². The summed E-state index contributed by atoms with van der Waals surface area (Å²) in [6, 6.07) is 6.37. The number of rotatable bonds is 7. The Morgan fingerprint density at radius 1 is 1.17 bits per heavy atom. The molecule has 0 N–H and O–H groups in total. The molecule has 0 amide bonds. The molecule has 0 radical (unpaired) electrons. The maximum atomic E-state index is 5.90. The van der Waals surface area contributed by atoms with Gasteiger partial charge in [0.1, 0.15) is 5.75 Å². The summed E-state index contributed by atoms with van der Waals surface area (Å²) < 4.78 is 5.90. The van der Waals surface area contributed by atoms with E-state index in [4.69, 9.17) is 4.74 Å². The van der Waals surface area contributed by atoms with Crippen molar-refractivity contribution in [3.63, 3.8) is 0 Å². The summed E-state index contributed by atoms with van der Waals surface area (Å²) in [5.74, 6) is 1.89.